The van der Waals surface area contributed by atoms with E-state index in [0.717, 1.165) is 25.1 Å². The average Bonchev–Trinajstić information content (AvgIpc) is 2.31. The van der Waals surface area contributed by atoms with Crippen LogP contribution < -0.4 is 4.90 Å². The summed E-state index contributed by atoms with van der Waals surface area (Å²) >= 11 is 0. The molecule has 0 saturated heterocycles. The third-order valence-corrected chi connectivity index (χ3v) is 3.03. The van der Waals surface area contributed by atoms with Gasteiger partial charge in [-0.25, -0.2) is 0 Å². The second-order valence-electron chi connectivity index (χ2n) is 5.28. The highest BCUT2D eigenvalue weighted by Gasteiger charge is 2.17. The van der Waals surface area contributed by atoms with E-state index in [-0.39, 0.29) is 5.91 Å². The first kappa shape index (κ1) is 14.7. The van der Waals surface area contributed by atoms with Gasteiger partial charge in [-0.2, -0.15) is 0 Å². The van der Waals surface area contributed by atoms with Crippen molar-refractivity contribution in [1.82, 2.24) is 0 Å². The maximum atomic E-state index is 12.3. The van der Waals surface area contributed by atoms with Gasteiger partial charge in [-0.15, -0.1) is 0 Å². The molecule has 0 aliphatic carbocycles. The molecule has 1 rings (SSSR count). The van der Waals surface area contributed by atoms with Crippen molar-refractivity contribution < 1.29 is 4.79 Å². The van der Waals surface area contributed by atoms with Crippen LogP contribution in [0.25, 0.3) is 0 Å². The van der Waals surface area contributed by atoms with Gasteiger partial charge in [0.15, 0.2) is 0 Å². The minimum Gasteiger partial charge on any atom is -0.312 e. The van der Waals surface area contributed by atoms with E-state index in [1.807, 2.05) is 23.1 Å². The summed E-state index contributed by atoms with van der Waals surface area (Å²) in [4.78, 5) is 14.3. The second-order valence-corrected chi connectivity index (χ2v) is 5.28. The summed E-state index contributed by atoms with van der Waals surface area (Å²) in [6, 6.07) is 8.13. The fourth-order valence-electron chi connectivity index (χ4n) is 2.02. The molecular formula is C16H25NO. The van der Waals surface area contributed by atoms with Crippen LogP contribution in [0.5, 0.6) is 0 Å². The Morgan fingerprint density at radius 2 is 1.94 bits per heavy atom. The van der Waals surface area contributed by atoms with Gasteiger partial charge in [-0.05, 0) is 30.9 Å². The van der Waals surface area contributed by atoms with E-state index in [1.54, 1.807) is 0 Å². The van der Waals surface area contributed by atoms with Crippen LogP contribution in [0.3, 0.4) is 0 Å². The largest absolute Gasteiger partial charge is 0.312 e. The van der Waals surface area contributed by atoms with Crippen molar-refractivity contribution >= 4 is 11.6 Å². The highest BCUT2D eigenvalue weighted by Crippen LogP contribution is 2.21. The third kappa shape index (κ3) is 4.17. The van der Waals surface area contributed by atoms with Gasteiger partial charge in [0.05, 0.1) is 0 Å². The van der Waals surface area contributed by atoms with Gasteiger partial charge in [0.1, 0.15) is 0 Å². The highest BCUT2D eigenvalue weighted by atomic mass is 16.2. The van der Waals surface area contributed by atoms with Gasteiger partial charge in [0.25, 0.3) is 0 Å². The van der Waals surface area contributed by atoms with Gasteiger partial charge in [0.2, 0.25) is 5.91 Å². The number of hydrogen-bond donors (Lipinski definition) is 0. The topological polar surface area (TPSA) is 20.3 Å². The van der Waals surface area contributed by atoms with E-state index in [0.29, 0.717) is 12.3 Å². The van der Waals surface area contributed by atoms with Crippen LogP contribution in [0.2, 0.25) is 0 Å². The summed E-state index contributed by atoms with van der Waals surface area (Å²) in [5, 5.41) is 0. The summed E-state index contributed by atoms with van der Waals surface area (Å²) in [7, 11) is 0. The number of aryl methyl sites for hydroxylation is 1. The van der Waals surface area contributed by atoms with Crippen LogP contribution in [-0.4, -0.2) is 12.5 Å². The monoisotopic (exact) mass is 247 g/mol. The molecule has 0 spiro atoms. The zero-order valence-corrected chi connectivity index (χ0v) is 12.1. The van der Waals surface area contributed by atoms with E-state index < -0.39 is 0 Å². The average molecular weight is 247 g/mol. The molecule has 0 heterocycles. The predicted octanol–water partition coefficient (Wildman–Crippen LogP) is 4.17. The molecule has 0 fully saturated rings. The number of hydrogen-bond acceptors (Lipinski definition) is 1. The Kier molecular flexibility index (Phi) is 5.90. The van der Waals surface area contributed by atoms with Crippen molar-refractivity contribution in [2.45, 2.75) is 47.0 Å². The number of para-hydroxylation sites is 1. The highest BCUT2D eigenvalue weighted by molar-refractivity contribution is 5.94. The van der Waals surface area contributed by atoms with Crippen LogP contribution in [-0.2, 0) is 4.79 Å². The fourth-order valence-corrected chi connectivity index (χ4v) is 2.02. The fraction of sp³-hybridized carbons (Fsp3) is 0.562. The molecule has 1 amide bonds. The van der Waals surface area contributed by atoms with Crippen LogP contribution in [0.15, 0.2) is 24.3 Å². The third-order valence-electron chi connectivity index (χ3n) is 3.03. The Hall–Kier alpha value is -1.31. The van der Waals surface area contributed by atoms with Crippen molar-refractivity contribution in [3.05, 3.63) is 29.8 Å². The number of rotatable bonds is 6. The Labute approximate surface area is 111 Å². The lowest BCUT2D eigenvalue weighted by Crippen LogP contribution is -2.33. The molecule has 0 aromatic heterocycles. The number of nitrogens with zero attached hydrogens (tertiary/aromatic N) is 1. The summed E-state index contributed by atoms with van der Waals surface area (Å²) in [5.41, 5.74) is 2.24. The van der Waals surface area contributed by atoms with Gasteiger partial charge < -0.3 is 4.90 Å². The number of amides is 1. The van der Waals surface area contributed by atoms with Crippen molar-refractivity contribution in [2.24, 2.45) is 5.92 Å². The normalized spacial score (nSPS) is 10.7. The smallest absolute Gasteiger partial charge is 0.227 e. The van der Waals surface area contributed by atoms with Gasteiger partial charge in [0, 0.05) is 18.7 Å². The van der Waals surface area contributed by atoms with E-state index >= 15 is 0 Å². The quantitative estimate of drug-likeness (QED) is 0.738. The van der Waals surface area contributed by atoms with Crippen LogP contribution in [0, 0.1) is 12.8 Å². The van der Waals surface area contributed by atoms with Crippen molar-refractivity contribution in [2.75, 3.05) is 11.4 Å². The lowest BCUT2D eigenvalue weighted by Gasteiger charge is -2.25. The molecule has 0 bridgehead atoms. The Morgan fingerprint density at radius 1 is 1.28 bits per heavy atom. The van der Waals surface area contributed by atoms with Gasteiger partial charge >= 0.3 is 0 Å². The molecule has 0 unspecified atom stereocenters. The molecular weight excluding hydrogens is 222 g/mol. The van der Waals surface area contributed by atoms with Crippen LogP contribution >= 0.6 is 0 Å². The van der Waals surface area contributed by atoms with E-state index in [4.69, 9.17) is 0 Å². The maximum Gasteiger partial charge on any atom is 0.227 e. The molecule has 0 atom stereocenters. The lowest BCUT2D eigenvalue weighted by molar-refractivity contribution is -0.119. The molecule has 100 valence electrons. The van der Waals surface area contributed by atoms with Gasteiger partial charge in [-0.3, -0.25) is 4.79 Å². The lowest BCUT2D eigenvalue weighted by atomic mass is 10.1. The number of carbonyl (C=O) groups excluding carboxylic acids is 1. The molecule has 2 nitrogen and oxygen atoms in total. The van der Waals surface area contributed by atoms with Crippen LogP contribution in [0.4, 0.5) is 5.69 Å². The van der Waals surface area contributed by atoms with Crippen molar-refractivity contribution in [1.29, 1.82) is 0 Å². The van der Waals surface area contributed by atoms with E-state index in [2.05, 4.69) is 33.8 Å². The molecule has 0 N–H and O–H groups in total. The second kappa shape index (κ2) is 7.20. The first-order valence-corrected chi connectivity index (χ1v) is 6.92. The standard InChI is InChI=1S/C16H25NO/c1-5-6-11-17(16(18)12-13(2)3)15-10-8-7-9-14(15)4/h7-10,13H,5-6,11-12H2,1-4H3. The molecule has 0 saturated carbocycles. The first-order valence-electron chi connectivity index (χ1n) is 6.92. The van der Waals surface area contributed by atoms with Gasteiger partial charge in [-0.1, -0.05) is 45.4 Å². The van der Waals surface area contributed by atoms with Crippen molar-refractivity contribution in [3.8, 4) is 0 Å². The summed E-state index contributed by atoms with van der Waals surface area (Å²) in [6.07, 6.45) is 2.79. The SMILES string of the molecule is CCCCN(C(=O)CC(C)C)c1ccccc1C. The molecule has 0 aliphatic heterocycles. The minimum atomic E-state index is 0.243. The zero-order valence-electron chi connectivity index (χ0n) is 12.1. The number of carbonyl (C=O) groups is 1. The van der Waals surface area contributed by atoms with Crippen LogP contribution in [0.1, 0.15) is 45.6 Å². The zero-order chi connectivity index (χ0) is 13.5. The molecule has 0 radical (unpaired) electrons. The molecule has 1 aromatic carbocycles. The number of benzene rings is 1. The Morgan fingerprint density at radius 3 is 2.50 bits per heavy atom. The number of unbranched alkanes of at least 4 members (excludes halogenated alkanes) is 1. The Balaban J connectivity index is 2.90. The molecule has 2 heteroatoms. The Bertz CT molecular complexity index is 384. The maximum absolute atomic E-state index is 12.3. The summed E-state index contributed by atoms with van der Waals surface area (Å²) < 4.78 is 0. The van der Waals surface area contributed by atoms with E-state index in [1.165, 1.54) is 5.56 Å². The molecule has 0 aliphatic rings. The number of anilines is 1. The predicted molar refractivity (Wildman–Crippen MR) is 77.9 cm³/mol. The van der Waals surface area contributed by atoms with E-state index in [9.17, 15) is 4.79 Å². The van der Waals surface area contributed by atoms with Crippen molar-refractivity contribution in [3.63, 3.8) is 0 Å². The summed E-state index contributed by atoms with van der Waals surface area (Å²) in [6.45, 7) is 9.23. The summed E-state index contributed by atoms with van der Waals surface area (Å²) in [5.74, 6) is 0.651. The molecule has 18 heavy (non-hydrogen) atoms. The minimum absolute atomic E-state index is 0.243. The first-order chi connectivity index (χ1) is 8.56. The molecule has 1 aromatic rings.